The van der Waals surface area contributed by atoms with E-state index in [-0.39, 0.29) is 11.5 Å². The van der Waals surface area contributed by atoms with Crippen LogP contribution in [0.1, 0.15) is 15.9 Å². The van der Waals surface area contributed by atoms with E-state index in [1.807, 2.05) is 0 Å². The maximum absolute atomic E-state index is 11.7. The molecule has 0 saturated heterocycles. The Morgan fingerprint density at radius 1 is 1.11 bits per heavy atom. The molecule has 0 unspecified atom stereocenters. The first kappa shape index (κ1) is 11.9. The fourth-order valence-electron chi connectivity index (χ4n) is 1.43. The molecule has 1 N–H and O–H groups in total. The Labute approximate surface area is 104 Å². The van der Waals surface area contributed by atoms with E-state index in [1.165, 1.54) is 30.6 Å². The predicted octanol–water partition coefficient (Wildman–Crippen LogP) is 1.92. The highest BCUT2D eigenvalue weighted by Crippen LogP contribution is 2.11. The highest BCUT2D eigenvalue weighted by atomic mass is 16.5. The summed E-state index contributed by atoms with van der Waals surface area (Å²) in [6.07, 6.45) is 5.64. The number of benzene rings is 1. The number of allylic oxidation sites excluding steroid dienone is 1. The number of hydrogen-bond acceptors (Lipinski definition) is 3. The molecule has 0 saturated carbocycles. The van der Waals surface area contributed by atoms with Crippen LogP contribution in [0.5, 0.6) is 5.75 Å². The smallest absolute Gasteiger partial charge is 0.186 e. The SMILES string of the molecule is O=C(C=Cc1ccc(O)cc1)c1cc[n+]([O-])cc1. The molecule has 0 aliphatic carbocycles. The number of aromatic nitrogens is 1. The zero-order valence-corrected chi connectivity index (χ0v) is 9.48. The number of pyridine rings is 1. The van der Waals surface area contributed by atoms with Gasteiger partial charge in [0, 0.05) is 17.7 Å². The van der Waals surface area contributed by atoms with E-state index in [1.54, 1.807) is 30.3 Å². The molecule has 1 heterocycles. The lowest BCUT2D eigenvalue weighted by Crippen LogP contribution is -2.24. The van der Waals surface area contributed by atoms with E-state index < -0.39 is 0 Å². The van der Waals surface area contributed by atoms with E-state index in [2.05, 4.69) is 0 Å². The molecular formula is C14H11NO3. The summed E-state index contributed by atoms with van der Waals surface area (Å²) in [5.74, 6) is 0.00482. The predicted molar refractivity (Wildman–Crippen MR) is 66.9 cm³/mol. The van der Waals surface area contributed by atoms with Crippen LogP contribution < -0.4 is 4.73 Å². The highest BCUT2D eigenvalue weighted by molar-refractivity contribution is 6.06. The van der Waals surface area contributed by atoms with Crippen LogP contribution in [0.2, 0.25) is 0 Å². The number of carbonyl (C=O) groups excluding carboxylic acids is 1. The zero-order valence-electron chi connectivity index (χ0n) is 9.48. The molecular weight excluding hydrogens is 230 g/mol. The molecule has 4 heteroatoms. The number of carbonyl (C=O) groups is 1. The van der Waals surface area contributed by atoms with Gasteiger partial charge in [0.1, 0.15) is 5.75 Å². The molecule has 0 aliphatic rings. The third-order valence-electron chi connectivity index (χ3n) is 2.41. The van der Waals surface area contributed by atoms with Crippen molar-refractivity contribution in [2.45, 2.75) is 0 Å². The van der Waals surface area contributed by atoms with Gasteiger partial charge in [-0.25, -0.2) is 0 Å². The topological polar surface area (TPSA) is 64.2 Å². The van der Waals surface area contributed by atoms with Crippen molar-refractivity contribution >= 4 is 11.9 Å². The molecule has 0 radical (unpaired) electrons. The second-order valence-corrected chi connectivity index (χ2v) is 3.74. The zero-order chi connectivity index (χ0) is 13.0. The summed E-state index contributed by atoms with van der Waals surface area (Å²) < 4.78 is 0.625. The molecule has 0 amide bonds. The van der Waals surface area contributed by atoms with E-state index in [0.717, 1.165) is 5.56 Å². The average Bonchev–Trinajstić information content (AvgIpc) is 2.38. The van der Waals surface area contributed by atoms with E-state index in [4.69, 9.17) is 5.11 Å². The van der Waals surface area contributed by atoms with Crippen LogP contribution in [0.3, 0.4) is 0 Å². The van der Waals surface area contributed by atoms with Gasteiger partial charge in [0.05, 0.1) is 0 Å². The van der Waals surface area contributed by atoms with Crippen molar-refractivity contribution in [3.05, 3.63) is 71.2 Å². The molecule has 0 spiro atoms. The van der Waals surface area contributed by atoms with Gasteiger partial charge in [-0.2, -0.15) is 4.73 Å². The minimum atomic E-state index is -0.177. The van der Waals surface area contributed by atoms with Gasteiger partial charge in [0.25, 0.3) is 0 Å². The lowest BCUT2D eigenvalue weighted by molar-refractivity contribution is -0.605. The summed E-state index contributed by atoms with van der Waals surface area (Å²) in [6.45, 7) is 0. The van der Waals surface area contributed by atoms with Crippen LogP contribution in [-0.4, -0.2) is 10.9 Å². The lowest BCUT2D eigenvalue weighted by atomic mass is 10.1. The van der Waals surface area contributed by atoms with Crippen LogP contribution in [0.4, 0.5) is 0 Å². The average molecular weight is 241 g/mol. The van der Waals surface area contributed by atoms with Gasteiger partial charge in [0.2, 0.25) is 0 Å². The second kappa shape index (κ2) is 5.14. The molecule has 0 atom stereocenters. The first-order valence-corrected chi connectivity index (χ1v) is 5.35. The molecule has 18 heavy (non-hydrogen) atoms. The van der Waals surface area contributed by atoms with Gasteiger partial charge in [-0.05, 0) is 23.8 Å². The van der Waals surface area contributed by atoms with Crippen LogP contribution in [-0.2, 0) is 0 Å². The minimum Gasteiger partial charge on any atom is -0.619 e. The Morgan fingerprint density at radius 3 is 2.33 bits per heavy atom. The molecule has 1 aromatic heterocycles. The van der Waals surface area contributed by atoms with Crippen molar-refractivity contribution in [1.82, 2.24) is 0 Å². The summed E-state index contributed by atoms with van der Waals surface area (Å²) in [6, 6.07) is 9.44. The van der Waals surface area contributed by atoms with Crippen LogP contribution >= 0.6 is 0 Å². The fraction of sp³-hybridized carbons (Fsp3) is 0. The van der Waals surface area contributed by atoms with Gasteiger partial charge in [-0.15, -0.1) is 0 Å². The first-order chi connectivity index (χ1) is 8.65. The number of phenolic OH excluding ortho intramolecular Hbond substituents is 1. The largest absolute Gasteiger partial charge is 0.619 e. The Kier molecular flexibility index (Phi) is 3.38. The molecule has 0 fully saturated rings. The van der Waals surface area contributed by atoms with Crippen molar-refractivity contribution in [2.24, 2.45) is 0 Å². The minimum absolute atomic E-state index is 0.177. The first-order valence-electron chi connectivity index (χ1n) is 5.35. The Bertz CT molecular complexity index is 571. The van der Waals surface area contributed by atoms with Gasteiger partial charge < -0.3 is 10.3 Å². The summed E-state index contributed by atoms with van der Waals surface area (Å²) in [7, 11) is 0. The van der Waals surface area contributed by atoms with Gasteiger partial charge in [-0.3, -0.25) is 4.79 Å². The Hall–Kier alpha value is -2.62. The lowest BCUT2D eigenvalue weighted by Gasteiger charge is -1.97. The quantitative estimate of drug-likeness (QED) is 0.386. The highest BCUT2D eigenvalue weighted by Gasteiger charge is 2.02. The summed E-state index contributed by atoms with van der Waals surface area (Å²) in [5, 5.41) is 19.9. The number of ketones is 1. The van der Waals surface area contributed by atoms with Crippen molar-refractivity contribution < 1.29 is 14.6 Å². The maximum Gasteiger partial charge on any atom is 0.186 e. The molecule has 0 aliphatic heterocycles. The summed E-state index contributed by atoms with van der Waals surface area (Å²) in [5.41, 5.74) is 1.27. The van der Waals surface area contributed by atoms with Gasteiger partial charge in [0.15, 0.2) is 18.2 Å². The number of hydrogen-bond donors (Lipinski definition) is 1. The fourth-order valence-corrected chi connectivity index (χ4v) is 1.43. The number of phenols is 1. The third-order valence-corrected chi connectivity index (χ3v) is 2.41. The van der Waals surface area contributed by atoms with Crippen molar-refractivity contribution in [3.63, 3.8) is 0 Å². The van der Waals surface area contributed by atoms with Gasteiger partial charge in [-0.1, -0.05) is 18.2 Å². The third kappa shape index (κ3) is 2.95. The molecule has 0 bridgehead atoms. The van der Waals surface area contributed by atoms with E-state index >= 15 is 0 Å². The summed E-state index contributed by atoms with van der Waals surface area (Å²) >= 11 is 0. The van der Waals surface area contributed by atoms with Crippen LogP contribution in [0, 0.1) is 5.21 Å². The Morgan fingerprint density at radius 2 is 1.72 bits per heavy atom. The van der Waals surface area contributed by atoms with E-state index in [0.29, 0.717) is 10.3 Å². The Balaban J connectivity index is 2.11. The molecule has 2 rings (SSSR count). The van der Waals surface area contributed by atoms with Crippen molar-refractivity contribution in [3.8, 4) is 5.75 Å². The monoisotopic (exact) mass is 241 g/mol. The van der Waals surface area contributed by atoms with Crippen LogP contribution in [0.15, 0.2) is 54.9 Å². The standard InChI is InChI=1S/C14H11NO3/c16-13-4-1-11(2-5-13)3-6-14(17)12-7-9-15(18)10-8-12/h1-10,16H. The van der Waals surface area contributed by atoms with Crippen molar-refractivity contribution in [2.75, 3.05) is 0 Å². The molecule has 90 valence electrons. The normalized spacial score (nSPS) is 10.7. The van der Waals surface area contributed by atoms with Gasteiger partial charge >= 0.3 is 0 Å². The van der Waals surface area contributed by atoms with Crippen molar-refractivity contribution in [1.29, 1.82) is 0 Å². The molecule has 1 aromatic carbocycles. The molecule has 4 nitrogen and oxygen atoms in total. The number of nitrogens with zero attached hydrogens (tertiary/aromatic N) is 1. The van der Waals surface area contributed by atoms with E-state index in [9.17, 15) is 10.0 Å². The number of rotatable bonds is 3. The van der Waals surface area contributed by atoms with Crippen LogP contribution in [0.25, 0.3) is 6.08 Å². The molecule has 2 aromatic rings. The second-order valence-electron chi connectivity index (χ2n) is 3.74. The number of aromatic hydroxyl groups is 1. The maximum atomic E-state index is 11.7. The summed E-state index contributed by atoms with van der Waals surface area (Å²) in [4.78, 5) is 11.7.